The van der Waals surface area contributed by atoms with E-state index in [0.29, 0.717) is 10.7 Å². The molecule has 6 nitrogen and oxygen atoms in total. The van der Waals surface area contributed by atoms with Crippen molar-refractivity contribution < 1.29 is 9.90 Å². The summed E-state index contributed by atoms with van der Waals surface area (Å²) in [5.74, 6) is -0.161. The highest BCUT2D eigenvalue weighted by Gasteiger charge is 2.03. The molecule has 0 spiro atoms. The van der Waals surface area contributed by atoms with Crippen LogP contribution in [0.4, 0.5) is 5.69 Å². The Balaban J connectivity index is 1.82. The first-order chi connectivity index (χ1) is 11.5. The molecule has 2 aromatic carbocycles. The van der Waals surface area contributed by atoms with Crippen LogP contribution in [0.2, 0.25) is 0 Å². The molecule has 4 N–H and O–H groups in total. The summed E-state index contributed by atoms with van der Waals surface area (Å²) in [6.07, 6.45) is 1.37. The number of carbonyl (C=O) groups is 1. The van der Waals surface area contributed by atoms with Gasteiger partial charge in [-0.05, 0) is 30.3 Å². The van der Waals surface area contributed by atoms with Crippen LogP contribution in [0.5, 0.6) is 5.75 Å². The van der Waals surface area contributed by atoms with E-state index in [1.807, 2.05) is 30.3 Å². The summed E-state index contributed by atoms with van der Waals surface area (Å²) >= 11 is 4.41. The van der Waals surface area contributed by atoms with Crippen molar-refractivity contribution in [3.63, 3.8) is 0 Å². The van der Waals surface area contributed by atoms with E-state index in [0.717, 1.165) is 21.9 Å². The fourth-order valence-electron chi connectivity index (χ4n) is 1.64. The molecular formula is C16H15BrN4O2S. The van der Waals surface area contributed by atoms with Crippen molar-refractivity contribution in [3.8, 4) is 5.75 Å². The van der Waals surface area contributed by atoms with Crippen molar-refractivity contribution >= 4 is 50.7 Å². The van der Waals surface area contributed by atoms with Gasteiger partial charge in [0, 0.05) is 10.0 Å². The zero-order valence-electron chi connectivity index (χ0n) is 12.5. The lowest BCUT2D eigenvalue weighted by Gasteiger charge is -2.01. The molecule has 0 aliphatic carbocycles. The number of phenolic OH excluding ortho intramolecular Hbond substituents is 1. The number of para-hydroxylation sites is 1. The molecule has 0 radical (unpaired) electrons. The summed E-state index contributed by atoms with van der Waals surface area (Å²) in [6, 6.07) is 14.2. The Kier molecular flexibility index (Phi) is 6.83. The van der Waals surface area contributed by atoms with Gasteiger partial charge in [-0.15, -0.1) is 0 Å². The number of hydrogen-bond donors (Lipinski definition) is 3. The largest absolute Gasteiger partial charge is 0.507 e. The van der Waals surface area contributed by atoms with Gasteiger partial charge < -0.3 is 10.8 Å². The number of nitrogens with one attached hydrogen (secondary N) is 1. The SMILES string of the molecule is NC(=Nc1ccccc1)SCC(=O)N/N=C/c1cc(Br)ccc1O. The molecule has 2 rings (SSSR count). The number of aliphatic imine (C=N–C) groups is 1. The highest BCUT2D eigenvalue weighted by Crippen LogP contribution is 2.19. The van der Waals surface area contributed by atoms with Gasteiger partial charge in [0.25, 0.3) is 5.91 Å². The molecule has 0 saturated carbocycles. The maximum atomic E-state index is 11.7. The monoisotopic (exact) mass is 406 g/mol. The standard InChI is InChI=1S/C16H15BrN4O2S/c17-12-6-7-14(22)11(8-12)9-19-21-15(23)10-24-16(18)20-13-4-2-1-3-5-13/h1-9,22H,10H2,(H2,18,20)(H,21,23)/b19-9+. The third-order valence-electron chi connectivity index (χ3n) is 2.73. The van der Waals surface area contributed by atoms with Gasteiger partial charge in [-0.1, -0.05) is 45.9 Å². The number of thioether (sulfide) groups is 1. The number of nitrogens with zero attached hydrogens (tertiary/aromatic N) is 2. The second kappa shape index (κ2) is 9.09. The van der Waals surface area contributed by atoms with E-state index in [-0.39, 0.29) is 17.4 Å². The van der Waals surface area contributed by atoms with Crippen molar-refractivity contribution in [2.75, 3.05) is 5.75 Å². The van der Waals surface area contributed by atoms with Gasteiger partial charge in [0.1, 0.15) is 5.75 Å². The van der Waals surface area contributed by atoms with Gasteiger partial charge >= 0.3 is 0 Å². The molecule has 24 heavy (non-hydrogen) atoms. The lowest BCUT2D eigenvalue weighted by Crippen LogP contribution is -2.21. The summed E-state index contributed by atoms with van der Waals surface area (Å²) in [7, 11) is 0. The first-order valence-corrected chi connectivity index (χ1v) is 8.65. The molecule has 124 valence electrons. The van der Waals surface area contributed by atoms with E-state index in [2.05, 4.69) is 31.4 Å². The second-order valence-electron chi connectivity index (χ2n) is 4.57. The van der Waals surface area contributed by atoms with E-state index in [9.17, 15) is 9.90 Å². The molecule has 0 fully saturated rings. The summed E-state index contributed by atoms with van der Waals surface area (Å²) in [5.41, 5.74) is 9.35. The number of nitrogens with two attached hydrogens (primary N) is 1. The predicted octanol–water partition coefficient (Wildman–Crippen LogP) is 2.98. The summed E-state index contributed by atoms with van der Waals surface area (Å²) in [6.45, 7) is 0. The van der Waals surface area contributed by atoms with E-state index < -0.39 is 0 Å². The lowest BCUT2D eigenvalue weighted by atomic mass is 10.2. The normalized spacial score (nSPS) is 11.6. The van der Waals surface area contributed by atoms with Crippen molar-refractivity contribution in [1.82, 2.24) is 5.43 Å². The minimum atomic E-state index is -0.322. The number of amides is 1. The van der Waals surface area contributed by atoms with Gasteiger partial charge in [-0.25, -0.2) is 10.4 Å². The molecule has 0 saturated heterocycles. The second-order valence-corrected chi connectivity index (χ2v) is 6.48. The Hall–Kier alpha value is -2.32. The molecule has 0 bridgehead atoms. The van der Waals surface area contributed by atoms with Crippen LogP contribution < -0.4 is 11.2 Å². The van der Waals surface area contributed by atoms with Gasteiger partial charge in [0.05, 0.1) is 17.7 Å². The average molecular weight is 407 g/mol. The van der Waals surface area contributed by atoms with Gasteiger partial charge in [-0.3, -0.25) is 4.79 Å². The van der Waals surface area contributed by atoms with Crippen LogP contribution in [0, 0.1) is 0 Å². The van der Waals surface area contributed by atoms with Crippen molar-refractivity contribution in [2.24, 2.45) is 15.8 Å². The Labute approximate surface area is 152 Å². The highest BCUT2D eigenvalue weighted by atomic mass is 79.9. The average Bonchev–Trinajstić information content (AvgIpc) is 2.57. The highest BCUT2D eigenvalue weighted by molar-refractivity contribution is 9.10. The number of hydrazone groups is 1. The minimum absolute atomic E-state index is 0.0739. The topological polar surface area (TPSA) is 100 Å². The van der Waals surface area contributed by atoms with Gasteiger partial charge in [-0.2, -0.15) is 5.10 Å². The zero-order valence-corrected chi connectivity index (χ0v) is 14.9. The zero-order chi connectivity index (χ0) is 17.4. The van der Waals surface area contributed by atoms with Crippen molar-refractivity contribution in [3.05, 3.63) is 58.6 Å². The molecule has 8 heteroatoms. The van der Waals surface area contributed by atoms with Gasteiger partial charge in [0.2, 0.25) is 0 Å². The first-order valence-electron chi connectivity index (χ1n) is 6.87. The van der Waals surface area contributed by atoms with Crippen LogP contribution in [0.15, 0.2) is 63.1 Å². The Morgan fingerprint density at radius 1 is 1.29 bits per heavy atom. The first kappa shape index (κ1) is 18.0. The Bertz CT molecular complexity index is 766. The maximum absolute atomic E-state index is 11.7. The number of benzene rings is 2. The number of halogens is 1. The van der Waals surface area contributed by atoms with Crippen LogP contribution in [0.3, 0.4) is 0 Å². The summed E-state index contributed by atoms with van der Waals surface area (Å²) in [5, 5.41) is 13.8. The number of rotatable bonds is 5. The third-order valence-corrected chi connectivity index (χ3v) is 4.02. The smallest absolute Gasteiger partial charge is 0.250 e. The molecule has 0 unspecified atom stereocenters. The fraction of sp³-hybridized carbons (Fsp3) is 0.0625. The lowest BCUT2D eigenvalue weighted by molar-refractivity contribution is -0.118. The van der Waals surface area contributed by atoms with Crippen LogP contribution in [0.25, 0.3) is 0 Å². The third kappa shape index (κ3) is 6.05. The van der Waals surface area contributed by atoms with Gasteiger partial charge in [0.15, 0.2) is 5.17 Å². The quantitative estimate of drug-likeness (QED) is 0.403. The van der Waals surface area contributed by atoms with E-state index in [4.69, 9.17) is 5.73 Å². The number of aromatic hydroxyl groups is 1. The maximum Gasteiger partial charge on any atom is 0.250 e. The van der Waals surface area contributed by atoms with E-state index >= 15 is 0 Å². The van der Waals surface area contributed by atoms with E-state index in [1.54, 1.807) is 12.1 Å². The fourth-order valence-corrected chi connectivity index (χ4v) is 2.53. The van der Waals surface area contributed by atoms with E-state index in [1.165, 1.54) is 12.3 Å². The molecule has 0 aliphatic rings. The van der Waals surface area contributed by atoms with Crippen LogP contribution in [0.1, 0.15) is 5.56 Å². The number of carbonyl (C=O) groups excluding carboxylic acids is 1. The molecule has 0 aromatic heterocycles. The predicted molar refractivity (Wildman–Crippen MR) is 102 cm³/mol. The Morgan fingerprint density at radius 2 is 2.04 bits per heavy atom. The van der Waals surface area contributed by atoms with Crippen molar-refractivity contribution in [2.45, 2.75) is 0 Å². The van der Waals surface area contributed by atoms with Crippen LogP contribution in [-0.4, -0.2) is 28.1 Å². The molecular weight excluding hydrogens is 392 g/mol. The van der Waals surface area contributed by atoms with Crippen LogP contribution >= 0.6 is 27.7 Å². The van der Waals surface area contributed by atoms with Crippen LogP contribution in [-0.2, 0) is 4.79 Å². The Morgan fingerprint density at radius 3 is 2.79 bits per heavy atom. The molecule has 0 aliphatic heterocycles. The molecule has 1 amide bonds. The molecule has 0 atom stereocenters. The van der Waals surface area contributed by atoms with Crippen molar-refractivity contribution in [1.29, 1.82) is 0 Å². The summed E-state index contributed by atoms with van der Waals surface area (Å²) < 4.78 is 0.800. The number of amidine groups is 1. The number of hydrogen-bond acceptors (Lipinski definition) is 5. The molecule has 0 heterocycles. The number of phenols is 1. The molecule has 2 aromatic rings. The minimum Gasteiger partial charge on any atom is -0.507 e. The summed E-state index contributed by atoms with van der Waals surface area (Å²) in [4.78, 5) is 15.9.